The number of nitrogens with zero attached hydrogens (tertiary/aromatic N) is 2. The highest BCUT2D eigenvalue weighted by molar-refractivity contribution is 7.16. The normalized spacial score (nSPS) is 11.7. The number of hydrogen-bond donors (Lipinski definition) is 1. The van der Waals surface area contributed by atoms with Crippen molar-refractivity contribution in [3.63, 3.8) is 0 Å². The Morgan fingerprint density at radius 1 is 1.45 bits per heavy atom. The van der Waals surface area contributed by atoms with E-state index in [4.69, 9.17) is 11.6 Å². The molecule has 2 aromatic rings. The SMILES string of the molecule is C=C/C(=C(\N=C)c1ccccc1Cl)c1cnc(NC)s1. The minimum absolute atomic E-state index is 0.632. The van der Waals surface area contributed by atoms with Crippen LogP contribution in [0.2, 0.25) is 5.02 Å². The van der Waals surface area contributed by atoms with Crippen molar-refractivity contribution in [2.24, 2.45) is 4.99 Å². The fraction of sp³-hybridized carbons (Fsp3) is 0.0667. The van der Waals surface area contributed by atoms with Gasteiger partial charge in [0.2, 0.25) is 0 Å². The maximum absolute atomic E-state index is 6.24. The maximum atomic E-state index is 6.24. The first-order valence-electron chi connectivity index (χ1n) is 5.93. The second-order valence-corrected chi connectivity index (χ2v) is 5.32. The number of aliphatic imine (C=N–C) groups is 1. The molecule has 1 aromatic heterocycles. The molecular formula is C15H14ClN3S. The predicted molar refractivity (Wildman–Crippen MR) is 89.7 cm³/mol. The number of anilines is 1. The summed E-state index contributed by atoms with van der Waals surface area (Å²) in [5, 5.41) is 4.48. The van der Waals surface area contributed by atoms with Gasteiger partial charge in [-0.1, -0.05) is 53.8 Å². The number of rotatable bonds is 5. The topological polar surface area (TPSA) is 37.3 Å². The van der Waals surface area contributed by atoms with Crippen LogP contribution < -0.4 is 5.32 Å². The lowest BCUT2D eigenvalue weighted by Crippen LogP contribution is -1.87. The molecule has 1 aromatic carbocycles. The number of thiazole rings is 1. The van der Waals surface area contributed by atoms with Crippen LogP contribution in [0, 0.1) is 0 Å². The highest BCUT2D eigenvalue weighted by atomic mass is 35.5. The summed E-state index contributed by atoms with van der Waals surface area (Å²) >= 11 is 7.77. The molecule has 0 fully saturated rings. The van der Waals surface area contributed by atoms with E-state index in [1.807, 2.05) is 31.3 Å². The highest BCUT2D eigenvalue weighted by Crippen LogP contribution is 2.35. The van der Waals surface area contributed by atoms with Crippen molar-refractivity contribution >= 4 is 46.1 Å². The van der Waals surface area contributed by atoms with E-state index in [2.05, 4.69) is 28.6 Å². The number of benzene rings is 1. The first-order valence-corrected chi connectivity index (χ1v) is 7.13. The molecule has 0 atom stereocenters. The van der Waals surface area contributed by atoms with Gasteiger partial charge in [-0.2, -0.15) is 0 Å². The van der Waals surface area contributed by atoms with Crippen molar-refractivity contribution < 1.29 is 0 Å². The van der Waals surface area contributed by atoms with E-state index in [0.717, 1.165) is 21.1 Å². The molecule has 1 N–H and O–H groups in total. The molecule has 0 bridgehead atoms. The summed E-state index contributed by atoms with van der Waals surface area (Å²) in [5.74, 6) is 0. The van der Waals surface area contributed by atoms with Crippen LogP contribution in [-0.4, -0.2) is 18.7 Å². The van der Waals surface area contributed by atoms with Gasteiger partial charge in [0.15, 0.2) is 5.13 Å². The Bertz CT molecular complexity index is 673. The zero-order valence-corrected chi connectivity index (χ0v) is 12.6. The van der Waals surface area contributed by atoms with E-state index in [0.29, 0.717) is 10.7 Å². The summed E-state index contributed by atoms with van der Waals surface area (Å²) in [6.45, 7) is 7.52. The van der Waals surface area contributed by atoms with Gasteiger partial charge in [-0.15, -0.1) is 0 Å². The van der Waals surface area contributed by atoms with Crippen LogP contribution >= 0.6 is 22.9 Å². The van der Waals surface area contributed by atoms with Crippen LogP contribution in [0.5, 0.6) is 0 Å². The van der Waals surface area contributed by atoms with Gasteiger partial charge >= 0.3 is 0 Å². The third-order valence-corrected chi connectivity index (χ3v) is 4.11. The molecule has 0 aliphatic carbocycles. The zero-order chi connectivity index (χ0) is 14.5. The smallest absolute Gasteiger partial charge is 0.182 e. The quantitative estimate of drug-likeness (QED) is 0.648. The van der Waals surface area contributed by atoms with Crippen molar-refractivity contribution in [2.45, 2.75) is 0 Å². The van der Waals surface area contributed by atoms with Gasteiger partial charge in [-0.05, 0) is 12.8 Å². The molecule has 3 nitrogen and oxygen atoms in total. The van der Waals surface area contributed by atoms with Crippen LogP contribution in [0.25, 0.3) is 11.3 Å². The summed E-state index contributed by atoms with van der Waals surface area (Å²) in [7, 11) is 1.83. The van der Waals surface area contributed by atoms with Gasteiger partial charge in [-0.3, -0.25) is 4.99 Å². The lowest BCUT2D eigenvalue weighted by atomic mass is 10.1. The van der Waals surface area contributed by atoms with E-state index in [9.17, 15) is 0 Å². The molecule has 0 saturated heterocycles. The van der Waals surface area contributed by atoms with Crippen molar-refractivity contribution in [1.29, 1.82) is 0 Å². The third-order valence-electron chi connectivity index (χ3n) is 2.73. The number of allylic oxidation sites excluding steroid dienone is 2. The summed E-state index contributed by atoms with van der Waals surface area (Å²) in [5.41, 5.74) is 2.41. The van der Waals surface area contributed by atoms with Gasteiger partial charge in [0.05, 0.1) is 10.6 Å². The first kappa shape index (κ1) is 14.5. The lowest BCUT2D eigenvalue weighted by molar-refractivity contribution is 1.36. The molecular weight excluding hydrogens is 290 g/mol. The second kappa shape index (κ2) is 6.50. The number of halogens is 1. The van der Waals surface area contributed by atoms with E-state index >= 15 is 0 Å². The Kier molecular flexibility index (Phi) is 4.71. The zero-order valence-electron chi connectivity index (χ0n) is 11.1. The molecule has 0 radical (unpaired) electrons. The predicted octanol–water partition coefficient (Wildman–Crippen LogP) is 4.59. The van der Waals surface area contributed by atoms with Crippen LogP contribution in [-0.2, 0) is 0 Å². The fourth-order valence-corrected chi connectivity index (χ4v) is 2.83. The molecule has 0 unspecified atom stereocenters. The average Bonchev–Trinajstić information content (AvgIpc) is 2.94. The molecule has 1 heterocycles. The monoisotopic (exact) mass is 303 g/mol. The summed E-state index contributed by atoms with van der Waals surface area (Å²) in [6.07, 6.45) is 3.54. The Balaban J connectivity index is 2.62. The van der Waals surface area contributed by atoms with E-state index in [1.165, 1.54) is 11.3 Å². The molecule has 20 heavy (non-hydrogen) atoms. The van der Waals surface area contributed by atoms with Crippen molar-refractivity contribution in [2.75, 3.05) is 12.4 Å². The molecule has 0 saturated carbocycles. The summed E-state index contributed by atoms with van der Waals surface area (Å²) in [4.78, 5) is 9.37. The Labute approximate surface area is 127 Å². The van der Waals surface area contributed by atoms with Gasteiger partial charge in [0, 0.05) is 29.4 Å². The number of hydrogen-bond acceptors (Lipinski definition) is 4. The highest BCUT2D eigenvalue weighted by Gasteiger charge is 2.13. The third kappa shape index (κ3) is 2.81. The Morgan fingerprint density at radius 3 is 2.75 bits per heavy atom. The number of aromatic nitrogens is 1. The van der Waals surface area contributed by atoms with E-state index < -0.39 is 0 Å². The molecule has 0 spiro atoms. The first-order chi connectivity index (χ1) is 9.71. The molecule has 102 valence electrons. The van der Waals surface area contributed by atoms with Gasteiger partial charge in [0.25, 0.3) is 0 Å². The van der Waals surface area contributed by atoms with Crippen molar-refractivity contribution in [3.05, 3.63) is 58.6 Å². The largest absolute Gasteiger partial charge is 0.365 e. The van der Waals surface area contributed by atoms with Gasteiger partial charge in [0.1, 0.15) is 0 Å². The van der Waals surface area contributed by atoms with Crippen LogP contribution in [0.15, 0.2) is 48.1 Å². The van der Waals surface area contributed by atoms with Crippen LogP contribution in [0.1, 0.15) is 10.4 Å². The Morgan fingerprint density at radius 2 is 2.20 bits per heavy atom. The van der Waals surface area contributed by atoms with Crippen LogP contribution in [0.3, 0.4) is 0 Å². The molecule has 0 amide bonds. The minimum Gasteiger partial charge on any atom is -0.365 e. The molecule has 5 heteroatoms. The van der Waals surface area contributed by atoms with E-state index in [-0.39, 0.29) is 0 Å². The van der Waals surface area contributed by atoms with Crippen molar-refractivity contribution in [3.8, 4) is 0 Å². The van der Waals surface area contributed by atoms with Gasteiger partial charge in [-0.25, -0.2) is 4.98 Å². The lowest BCUT2D eigenvalue weighted by Gasteiger charge is -2.08. The van der Waals surface area contributed by atoms with Gasteiger partial charge < -0.3 is 5.32 Å². The second-order valence-electron chi connectivity index (χ2n) is 3.88. The molecule has 0 aliphatic rings. The molecule has 2 rings (SSSR count). The summed E-state index contributed by atoms with van der Waals surface area (Å²) < 4.78 is 0. The molecule has 0 aliphatic heterocycles. The number of nitrogens with one attached hydrogen (secondary N) is 1. The summed E-state index contributed by atoms with van der Waals surface area (Å²) in [6, 6.07) is 7.54. The minimum atomic E-state index is 0.632. The van der Waals surface area contributed by atoms with Crippen molar-refractivity contribution in [1.82, 2.24) is 4.98 Å². The average molecular weight is 304 g/mol. The maximum Gasteiger partial charge on any atom is 0.182 e. The van der Waals surface area contributed by atoms with E-state index in [1.54, 1.807) is 12.3 Å². The fourth-order valence-electron chi connectivity index (χ4n) is 1.80. The Hall–Kier alpha value is -1.91. The van der Waals surface area contributed by atoms with Crippen LogP contribution in [0.4, 0.5) is 5.13 Å². The standard InChI is InChI=1S/C15H14ClN3S/c1-4-10(13-9-19-15(18-3)20-13)14(17-2)11-7-5-6-8-12(11)16/h4-9H,1-2H2,3H3,(H,18,19)/b14-10+.